The molecule has 3 rings (SSSR count). The quantitative estimate of drug-likeness (QED) is 0.755. The van der Waals surface area contributed by atoms with Crippen LogP contribution < -0.4 is 4.74 Å². The Hall–Kier alpha value is -1.99. The molecule has 1 saturated heterocycles. The standard InChI is InChI=1S/C19H30N6O/c1-15(2)9-10-25-19(20-21-22-25)18(24-13-11-23(3)12-14-24)16-5-7-17(26-4)8-6-16/h5-8,15,18H,9-14H2,1-4H3/t18-/m0/s1. The second-order valence-corrected chi connectivity index (χ2v) is 7.46. The van der Waals surface area contributed by atoms with Crippen LogP contribution in [0.5, 0.6) is 5.75 Å². The highest BCUT2D eigenvalue weighted by atomic mass is 16.5. The van der Waals surface area contributed by atoms with Crippen molar-refractivity contribution in [2.24, 2.45) is 5.92 Å². The topological polar surface area (TPSA) is 59.3 Å². The van der Waals surface area contributed by atoms with Crippen molar-refractivity contribution in [1.82, 2.24) is 30.0 Å². The molecular formula is C19H30N6O. The molecule has 0 radical (unpaired) electrons. The van der Waals surface area contributed by atoms with Crippen molar-refractivity contribution in [2.75, 3.05) is 40.3 Å². The summed E-state index contributed by atoms with van der Waals surface area (Å²) in [6.45, 7) is 9.42. The zero-order valence-corrected chi connectivity index (χ0v) is 16.3. The molecule has 0 spiro atoms. The van der Waals surface area contributed by atoms with E-state index in [0.29, 0.717) is 5.92 Å². The summed E-state index contributed by atoms with van der Waals surface area (Å²) in [5.74, 6) is 2.42. The lowest BCUT2D eigenvalue weighted by atomic mass is 10.0. The van der Waals surface area contributed by atoms with Gasteiger partial charge in [0.2, 0.25) is 0 Å². The number of aromatic nitrogens is 4. The normalized spacial score (nSPS) is 17.6. The van der Waals surface area contributed by atoms with E-state index < -0.39 is 0 Å². The van der Waals surface area contributed by atoms with Crippen molar-refractivity contribution in [2.45, 2.75) is 32.9 Å². The van der Waals surface area contributed by atoms with Crippen molar-refractivity contribution >= 4 is 0 Å². The molecule has 0 saturated carbocycles. The molecule has 1 aliphatic rings. The highest BCUT2D eigenvalue weighted by molar-refractivity contribution is 5.32. The molecule has 7 heteroatoms. The highest BCUT2D eigenvalue weighted by Gasteiger charge is 2.29. The van der Waals surface area contributed by atoms with Crippen molar-refractivity contribution < 1.29 is 4.74 Å². The largest absolute Gasteiger partial charge is 0.497 e. The number of tetrazole rings is 1. The van der Waals surface area contributed by atoms with Crippen LogP contribution in [0.25, 0.3) is 0 Å². The maximum Gasteiger partial charge on any atom is 0.173 e. The van der Waals surface area contributed by atoms with Crippen molar-refractivity contribution in [3.05, 3.63) is 35.7 Å². The molecule has 1 atom stereocenters. The van der Waals surface area contributed by atoms with Gasteiger partial charge in [-0.2, -0.15) is 0 Å². The van der Waals surface area contributed by atoms with E-state index in [0.717, 1.165) is 50.7 Å². The number of benzene rings is 1. The Morgan fingerprint density at radius 3 is 2.38 bits per heavy atom. The molecule has 0 N–H and O–H groups in total. The van der Waals surface area contributed by atoms with E-state index >= 15 is 0 Å². The van der Waals surface area contributed by atoms with Gasteiger partial charge in [0.1, 0.15) is 5.75 Å². The van der Waals surface area contributed by atoms with E-state index in [1.54, 1.807) is 7.11 Å². The molecule has 0 bridgehead atoms. The summed E-state index contributed by atoms with van der Waals surface area (Å²) in [4.78, 5) is 4.85. The van der Waals surface area contributed by atoms with Crippen LogP contribution in [0.1, 0.15) is 37.7 Å². The van der Waals surface area contributed by atoms with Crippen LogP contribution in [0.3, 0.4) is 0 Å². The van der Waals surface area contributed by atoms with E-state index in [4.69, 9.17) is 4.74 Å². The minimum Gasteiger partial charge on any atom is -0.497 e. The number of rotatable bonds is 7. The van der Waals surface area contributed by atoms with Crippen LogP contribution in [-0.2, 0) is 6.54 Å². The lowest BCUT2D eigenvalue weighted by Crippen LogP contribution is -2.46. The first-order valence-corrected chi connectivity index (χ1v) is 9.41. The maximum atomic E-state index is 5.32. The molecule has 7 nitrogen and oxygen atoms in total. The zero-order valence-electron chi connectivity index (χ0n) is 16.3. The van der Waals surface area contributed by atoms with Gasteiger partial charge in [-0.15, -0.1) is 5.10 Å². The summed E-state index contributed by atoms with van der Waals surface area (Å²) >= 11 is 0. The Balaban J connectivity index is 1.91. The summed E-state index contributed by atoms with van der Waals surface area (Å²) in [5, 5.41) is 12.7. The van der Waals surface area contributed by atoms with Gasteiger partial charge in [0, 0.05) is 32.7 Å². The van der Waals surface area contributed by atoms with Crippen molar-refractivity contribution in [1.29, 1.82) is 0 Å². The second-order valence-electron chi connectivity index (χ2n) is 7.46. The summed E-state index contributed by atoms with van der Waals surface area (Å²) < 4.78 is 7.30. The van der Waals surface area contributed by atoms with Gasteiger partial charge in [-0.25, -0.2) is 4.68 Å². The van der Waals surface area contributed by atoms with Crippen LogP contribution >= 0.6 is 0 Å². The highest BCUT2D eigenvalue weighted by Crippen LogP contribution is 2.29. The second kappa shape index (κ2) is 8.60. The fourth-order valence-electron chi connectivity index (χ4n) is 3.34. The molecule has 0 unspecified atom stereocenters. The van der Waals surface area contributed by atoms with E-state index in [2.05, 4.69) is 58.4 Å². The Bertz CT molecular complexity index is 676. The van der Waals surface area contributed by atoms with Crippen molar-refractivity contribution in [3.8, 4) is 5.75 Å². The third kappa shape index (κ3) is 4.40. The lowest BCUT2D eigenvalue weighted by molar-refractivity contribution is 0.121. The van der Waals surface area contributed by atoms with E-state index in [-0.39, 0.29) is 6.04 Å². The number of nitrogens with zero attached hydrogens (tertiary/aromatic N) is 6. The monoisotopic (exact) mass is 358 g/mol. The van der Waals surface area contributed by atoms with Crippen molar-refractivity contribution in [3.63, 3.8) is 0 Å². The lowest BCUT2D eigenvalue weighted by Gasteiger charge is -2.37. The molecule has 26 heavy (non-hydrogen) atoms. The molecule has 2 aromatic rings. The minimum atomic E-state index is 0.0665. The number of piperazine rings is 1. The fraction of sp³-hybridized carbons (Fsp3) is 0.632. The smallest absolute Gasteiger partial charge is 0.173 e. The number of ether oxygens (including phenoxy) is 1. The molecule has 1 aromatic carbocycles. The summed E-state index contributed by atoms with van der Waals surface area (Å²) in [6.07, 6.45) is 1.07. The van der Waals surface area contributed by atoms with Gasteiger partial charge in [0.05, 0.1) is 13.2 Å². The number of hydrogen-bond acceptors (Lipinski definition) is 6. The van der Waals surface area contributed by atoms with E-state index in [1.807, 2.05) is 16.8 Å². The Morgan fingerprint density at radius 1 is 1.08 bits per heavy atom. The van der Waals surface area contributed by atoms with Crippen LogP contribution in [0, 0.1) is 5.92 Å². The van der Waals surface area contributed by atoms with Gasteiger partial charge < -0.3 is 9.64 Å². The van der Waals surface area contributed by atoms with Gasteiger partial charge in [0.15, 0.2) is 5.82 Å². The average molecular weight is 358 g/mol. The Labute approximate surface area is 155 Å². The molecule has 2 heterocycles. The van der Waals surface area contributed by atoms with Crippen LogP contribution in [0.4, 0.5) is 0 Å². The molecule has 1 fully saturated rings. The van der Waals surface area contributed by atoms with Gasteiger partial charge in [-0.3, -0.25) is 4.90 Å². The predicted molar refractivity (Wildman–Crippen MR) is 101 cm³/mol. The Morgan fingerprint density at radius 2 is 1.77 bits per heavy atom. The molecule has 1 aromatic heterocycles. The number of hydrogen-bond donors (Lipinski definition) is 0. The molecular weight excluding hydrogens is 328 g/mol. The fourth-order valence-corrected chi connectivity index (χ4v) is 3.34. The average Bonchev–Trinajstić information content (AvgIpc) is 3.10. The third-order valence-corrected chi connectivity index (χ3v) is 5.06. The van der Waals surface area contributed by atoms with Crippen LogP contribution in [0.15, 0.2) is 24.3 Å². The summed E-state index contributed by atoms with van der Waals surface area (Å²) in [7, 11) is 3.87. The SMILES string of the molecule is COc1ccc([C@@H](c2nnnn2CCC(C)C)N2CCN(C)CC2)cc1. The van der Waals surface area contributed by atoms with Gasteiger partial charge in [-0.05, 0) is 47.5 Å². The van der Waals surface area contributed by atoms with E-state index in [9.17, 15) is 0 Å². The zero-order chi connectivity index (χ0) is 18.5. The third-order valence-electron chi connectivity index (χ3n) is 5.06. The summed E-state index contributed by atoms with van der Waals surface area (Å²) in [5.41, 5.74) is 1.20. The van der Waals surface area contributed by atoms with Gasteiger partial charge in [0.25, 0.3) is 0 Å². The number of methoxy groups -OCH3 is 1. The molecule has 1 aliphatic heterocycles. The first-order chi connectivity index (χ1) is 12.6. The maximum absolute atomic E-state index is 5.32. The predicted octanol–water partition coefficient (Wildman–Crippen LogP) is 2.06. The minimum absolute atomic E-state index is 0.0665. The summed E-state index contributed by atoms with van der Waals surface area (Å²) in [6, 6.07) is 8.35. The van der Waals surface area contributed by atoms with Crippen LogP contribution in [0.2, 0.25) is 0 Å². The first kappa shape index (κ1) is 18.8. The Kier molecular flexibility index (Phi) is 6.21. The van der Waals surface area contributed by atoms with Crippen LogP contribution in [-0.4, -0.2) is 70.3 Å². The molecule has 0 amide bonds. The van der Waals surface area contributed by atoms with E-state index in [1.165, 1.54) is 5.56 Å². The number of likely N-dealkylation sites (N-methyl/N-ethyl adjacent to an activating group) is 1. The number of aryl methyl sites for hydroxylation is 1. The van der Waals surface area contributed by atoms with Gasteiger partial charge in [-0.1, -0.05) is 26.0 Å². The molecule has 0 aliphatic carbocycles. The molecule has 142 valence electrons. The first-order valence-electron chi connectivity index (χ1n) is 9.41. The van der Waals surface area contributed by atoms with Gasteiger partial charge >= 0.3 is 0 Å².